The predicted molar refractivity (Wildman–Crippen MR) is 156 cm³/mol. The summed E-state index contributed by atoms with van der Waals surface area (Å²) in [5, 5.41) is 6.87. The molecule has 0 bridgehead atoms. The number of hydrogen-bond donors (Lipinski definition) is 2. The number of oxime groups is 1. The molecule has 2 aromatic carbocycles. The van der Waals surface area contributed by atoms with Crippen LogP contribution in [0, 0.1) is 13.8 Å². The summed E-state index contributed by atoms with van der Waals surface area (Å²) in [6, 6.07) is 15.3. The van der Waals surface area contributed by atoms with Crippen LogP contribution in [-0.4, -0.2) is 47.6 Å². The fraction of sp³-hybridized carbons (Fsp3) is 0.355. The van der Waals surface area contributed by atoms with Crippen LogP contribution in [0.4, 0.5) is 10.5 Å². The molecule has 2 heterocycles. The number of ether oxygens (including phenoxy) is 1. The zero-order chi connectivity index (χ0) is 28.9. The SMILES string of the molecule is Cc1cc(C)cc(-c2cncc(C(=O)ON=C(N)c3ccccc3)c2N2CCC(NC(=O)OC(C)(C)C)CC2)c1. The average Bonchev–Trinajstić information content (AvgIpc) is 2.90. The molecule has 0 atom stereocenters. The number of rotatable bonds is 6. The highest BCUT2D eigenvalue weighted by molar-refractivity contribution is 6.01. The highest BCUT2D eigenvalue weighted by Gasteiger charge is 2.29. The van der Waals surface area contributed by atoms with Gasteiger partial charge in [0.05, 0.1) is 5.69 Å². The van der Waals surface area contributed by atoms with Crippen molar-refractivity contribution in [1.82, 2.24) is 10.3 Å². The van der Waals surface area contributed by atoms with E-state index in [0.717, 1.165) is 22.3 Å². The third kappa shape index (κ3) is 7.37. The van der Waals surface area contributed by atoms with Crippen LogP contribution in [0.1, 0.15) is 60.7 Å². The predicted octanol–water partition coefficient (Wildman–Crippen LogP) is 5.34. The molecule has 210 valence electrons. The number of pyridine rings is 1. The normalized spacial score (nSPS) is 14.5. The van der Waals surface area contributed by atoms with E-state index < -0.39 is 17.7 Å². The molecule has 1 aliphatic rings. The van der Waals surface area contributed by atoms with Crippen LogP contribution in [0.2, 0.25) is 0 Å². The Morgan fingerprint density at radius 1 is 1.02 bits per heavy atom. The van der Waals surface area contributed by atoms with Crippen LogP contribution in [0.25, 0.3) is 11.1 Å². The van der Waals surface area contributed by atoms with Crippen LogP contribution in [-0.2, 0) is 9.57 Å². The minimum Gasteiger partial charge on any atom is -0.444 e. The Bertz CT molecular complexity index is 1370. The number of carbonyl (C=O) groups excluding carboxylic acids is 2. The maximum atomic E-state index is 13.4. The summed E-state index contributed by atoms with van der Waals surface area (Å²) in [5.41, 5.74) is 11.1. The molecule has 1 fully saturated rings. The number of piperidine rings is 1. The molecule has 40 heavy (non-hydrogen) atoms. The van der Waals surface area contributed by atoms with E-state index in [2.05, 4.69) is 38.6 Å². The monoisotopic (exact) mass is 543 g/mol. The Labute approximate surface area is 235 Å². The Balaban J connectivity index is 1.62. The topological polar surface area (TPSA) is 119 Å². The summed E-state index contributed by atoms with van der Waals surface area (Å²) >= 11 is 0. The molecule has 0 unspecified atom stereocenters. The van der Waals surface area contributed by atoms with E-state index in [1.807, 2.05) is 52.8 Å². The van der Waals surface area contributed by atoms with Crippen molar-refractivity contribution in [3.63, 3.8) is 0 Å². The molecule has 1 aromatic heterocycles. The van der Waals surface area contributed by atoms with Gasteiger partial charge in [0.15, 0.2) is 5.84 Å². The van der Waals surface area contributed by atoms with Crippen molar-refractivity contribution in [3.8, 4) is 11.1 Å². The molecule has 0 aliphatic carbocycles. The number of nitrogens with two attached hydrogens (primary N) is 1. The van der Waals surface area contributed by atoms with Crippen LogP contribution in [0.15, 0.2) is 66.1 Å². The molecule has 0 radical (unpaired) electrons. The van der Waals surface area contributed by atoms with Gasteiger partial charge in [-0.15, -0.1) is 0 Å². The first-order valence-corrected chi connectivity index (χ1v) is 13.4. The lowest BCUT2D eigenvalue weighted by molar-refractivity contribution is 0.0495. The lowest BCUT2D eigenvalue weighted by atomic mass is 9.96. The van der Waals surface area contributed by atoms with E-state index >= 15 is 0 Å². The minimum atomic E-state index is -0.651. The highest BCUT2D eigenvalue weighted by atomic mass is 16.7. The maximum absolute atomic E-state index is 13.4. The number of nitrogens with one attached hydrogen (secondary N) is 1. The Hall–Kier alpha value is -4.40. The summed E-state index contributed by atoms with van der Waals surface area (Å²) in [6.45, 7) is 10.8. The van der Waals surface area contributed by atoms with Crippen LogP contribution >= 0.6 is 0 Å². The second-order valence-corrected chi connectivity index (χ2v) is 11.1. The molecule has 3 aromatic rings. The van der Waals surface area contributed by atoms with E-state index in [1.54, 1.807) is 18.3 Å². The van der Waals surface area contributed by atoms with Crippen molar-refractivity contribution >= 4 is 23.6 Å². The van der Waals surface area contributed by atoms with Crippen molar-refractivity contribution < 1.29 is 19.2 Å². The van der Waals surface area contributed by atoms with E-state index in [0.29, 0.717) is 42.7 Å². The summed E-state index contributed by atoms with van der Waals surface area (Å²) in [4.78, 5) is 37.5. The quantitative estimate of drug-likeness (QED) is 0.186. The summed E-state index contributed by atoms with van der Waals surface area (Å²) < 4.78 is 5.42. The molecular weight excluding hydrogens is 506 g/mol. The smallest absolute Gasteiger partial charge is 0.407 e. The van der Waals surface area contributed by atoms with E-state index in [-0.39, 0.29) is 11.9 Å². The van der Waals surface area contributed by atoms with Crippen molar-refractivity contribution in [1.29, 1.82) is 0 Å². The zero-order valence-corrected chi connectivity index (χ0v) is 23.7. The third-order valence-corrected chi connectivity index (χ3v) is 6.50. The molecule has 9 nitrogen and oxygen atoms in total. The molecule has 1 saturated heterocycles. The number of hydrogen-bond acceptors (Lipinski definition) is 7. The standard InChI is InChI=1S/C31H37N5O4/c1-20-15-21(2)17-23(16-20)25-18-33-19-26(29(37)40-35-28(32)22-9-7-6-8-10-22)27(25)36-13-11-24(12-14-36)34-30(38)39-31(3,4)5/h6-10,15-19,24H,11-14H2,1-5H3,(H2,32,35)(H,34,38). The first kappa shape index (κ1) is 28.6. The van der Waals surface area contributed by atoms with Gasteiger partial charge >= 0.3 is 12.1 Å². The Morgan fingerprint density at radius 2 is 1.68 bits per heavy atom. The van der Waals surface area contributed by atoms with Crippen LogP contribution in [0.3, 0.4) is 0 Å². The van der Waals surface area contributed by atoms with Gasteiger partial charge in [0.2, 0.25) is 0 Å². The van der Waals surface area contributed by atoms with Gasteiger partial charge in [-0.1, -0.05) is 64.8 Å². The number of benzene rings is 2. The van der Waals surface area contributed by atoms with Gasteiger partial charge in [-0.05, 0) is 53.0 Å². The Kier molecular flexibility index (Phi) is 8.72. The highest BCUT2D eigenvalue weighted by Crippen LogP contribution is 2.36. The molecule has 9 heteroatoms. The average molecular weight is 544 g/mol. The number of amidine groups is 1. The van der Waals surface area contributed by atoms with Crippen molar-refractivity contribution in [3.05, 3.63) is 83.2 Å². The first-order chi connectivity index (χ1) is 19.0. The van der Waals surface area contributed by atoms with Crippen molar-refractivity contribution in [2.75, 3.05) is 18.0 Å². The maximum Gasteiger partial charge on any atom is 0.407 e. The van der Waals surface area contributed by atoms with E-state index in [9.17, 15) is 9.59 Å². The van der Waals surface area contributed by atoms with Crippen LogP contribution < -0.4 is 16.0 Å². The van der Waals surface area contributed by atoms with E-state index in [1.165, 1.54) is 6.20 Å². The minimum absolute atomic E-state index is 0.0386. The fourth-order valence-corrected chi connectivity index (χ4v) is 4.81. The molecule has 1 aliphatic heterocycles. The zero-order valence-electron chi connectivity index (χ0n) is 23.7. The second-order valence-electron chi connectivity index (χ2n) is 11.1. The van der Waals surface area contributed by atoms with Gasteiger partial charge in [-0.3, -0.25) is 4.98 Å². The van der Waals surface area contributed by atoms with Crippen LogP contribution in [0.5, 0.6) is 0 Å². The largest absolute Gasteiger partial charge is 0.444 e. The fourth-order valence-electron chi connectivity index (χ4n) is 4.81. The lowest BCUT2D eigenvalue weighted by Gasteiger charge is -2.36. The number of anilines is 1. The summed E-state index contributed by atoms with van der Waals surface area (Å²) in [6.07, 6.45) is 4.21. The number of carbonyl (C=O) groups is 2. The third-order valence-electron chi connectivity index (χ3n) is 6.50. The van der Waals surface area contributed by atoms with Crippen molar-refractivity contribution in [2.45, 2.75) is 59.1 Å². The van der Waals surface area contributed by atoms with Gasteiger partial charge in [0.25, 0.3) is 0 Å². The second kappa shape index (κ2) is 12.2. The first-order valence-electron chi connectivity index (χ1n) is 13.4. The van der Waals surface area contributed by atoms with Gasteiger partial charge < -0.3 is 25.5 Å². The van der Waals surface area contributed by atoms with E-state index in [4.69, 9.17) is 15.3 Å². The molecule has 3 N–H and O–H groups in total. The van der Waals surface area contributed by atoms with Gasteiger partial charge in [0.1, 0.15) is 11.2 Å². The lowest BCUT2D eigenvalue weighted by Crippen LogP contribution is -2.46. The van der Waals surface area contributed by atoms with Gasteiger partial charge in [-0.2, -0.15) is 0 Å². The molecule has 4 rings (SSSR count). The summed E-state index contributed by atoms with van der Waals surface area (Å²) in [5.74, 6) is -0.551. The van der Waals surface area contributed by atoms with Gasteiger partial charge in [-0.25, -0.2) is 9.59 Å². The number of nitrogens with zero attached hydrogens (tertiary/aromatic N) is 3. The number of amides is 1. The molecule has 0 saturated carbocycles. The molecule has 0 spiro atoms. The number of aromatic nitrogens is 1. The summed E-state index contributed by atoms with van der Waals surface area (Å²) in [7, 11) is 0. The Morgan fingerprint density at radius 3 is 2.30 bits per heavy atom. The molecule has 1 amide bonds. The number of alkyl carbamates (subject to hydrolysis) is 1. The van der Waals surface area contributed by atoms with Gasteiger partial charge in [0, 0.05) is 42.7 Å². The van der Waals surface area contributed by atoms with Crippen molar-refractivity contribution in [2.24, 2.45) is 10.9 Å². The number of aryl methyl sites for hydroxylation is 2. The molecular formula is C31H37N5O4.